The highest BCUT2D eigenvalue weighted by Crippen LogP contribution is 2.31. The lowest BCUT2D eigenvalue weighted by molar-refractivity contribution is 0.195. The van der Waals surface area contributed by atoms with E-state index in [1.807, 2.05) is 31.2 Å². The van der Waals surface area contributed by atoms with Gasteiger partial charge in [-0.25, -0.2) is 0 Å². The number of benzene rings is 1. The Morgan fingerprint density at radius 2 is 2.20 bits per heavy atom. The van der Waals surface area contributed by atoms with Crippen LogP contribution in [-0.4, -0.2) is 34.3 Å². The third-order valence-corrected chi connectivity index (χ3v) is 4.74. The quantitative estimate of drug-likeness (QED) is 0.766. The van der Waals surface area contributed by atoms with Crippen molar-refractivity contribution >= 4 is 33.9 Å². The molecule has 0 saturated heterocycles. The van der Waals surface area contributed by atoms with Crippen LogP contribution in [0.25, 0.3) is 0 Å². The van der Waals surface area contributed by atoms with E-state index in [-0.39, 0.29) is 6.10 Å². The van der Waals surface area contributed by atoms with Gasteiger partial charge in [0.2, 0.25) is 5.13 Å². The Bertz CT molecular complexity index is 548. The lowest BCUT2D eigenvalue weighted by Gasteiger charge is -2.07. The van der Waals surface area contributed by atoms with E-state index in [0.717, 1.165) is 22.2 Å². The van der Waals surface area contributed by atoms with Gasteiger partial charge in [-0.1, -0.05) is 42.2 Å². The lowest BCUT2D eigenvalue weighted by atomic mass is 10.3. The van der Waals surface area contributed by atoms with Crippen molar-refractivity contribution < 1.29 is 9.84 Å². The minimum Gasteiger partial charge on any atom is -0.495 e. The largest absolute Gasteiger partial charge is 0.495 e. The van der Waals surface area contributed by atoms with Gasteiger partial charge in [-0.2, -0.15) is 0 Å². The van der Waals surface area contributed by atoms with Crippen LogP contribution >= 0.6 is 23.1 Å². The van der Waals surface area contributed by atoms with Crippen LogP contribution in [0, 0.1) is 0 Å². The van der Waals surface area contributed by atoms with E-state index in [9.17, 15) is 5.11 Å². The normalized spacial score (nSPS) is 12.2. The Morgan fingerprint density at radius 3 is 2.95 bits per heavy atom. The number of para-hydroxylation sites is 2. The highest BCUT2D eigenvalue weighted by molar-refractivity contribution is 8.01. The van der Waals surface area contributed by atoms with Crippen molar-refractivity contribution in [2.24, 2.45) is 0 Å². The number of anilines is 2. The van der Waals surface area contributed by atoms with Crippen molar-refractivity contribution in [2.75, 3.05) is 18.2 Å². The van der Waals surface area contributed by atoms with E-state index in [4.69, 9.17) is 4.74 Å². The average Bonchev–Trinajstić information content (AvgIpc) is 2.93. The van der Waals surface area contributed by atoms with Crippen LogP contribution < -0.4 is 10.1 Å². The van der Waals surface area contributed by atoms with Gasteiger partial charge in [0.05, 0.1) is 18.9 Å². The molecule has 1 aromatic heterocycles. The molecule has 0 bridgehead atoms. The molecule has 0 aliphatic heterocycles. The van der Waals surface area contributed by atoms with Gasteiger partial charge in [-0.05, 0) is 18.6 Å². The molecule has 0 aliphatic rings. The number of rotatable bonds is 7. The molecule has 1 aromatic carbocycles. The van der Waals surface area contributed by atoms with Crippen molar-refractivity contribution in [1.29, 1.82) is 0 Å². The van der Waals surface area contributed by atoms with Crippen molar-refractivity contribution in [3.05, 3.63) is 24.3 Å². The second-order valence-corrected chi connectivity index (χ2v) is 6.32. The van der Waals surface area contributed by atoms with Crippen molar-refractivity contribution in [1.82, 2.24) is 10.2 Å². The monoisotopic (exact) mass is 311 g/mol. The Labute approximate surface area is 126 Å². The Hall–Kier alpha value is -1.31. The molecule has 0 radical (unpaired) electrons. The maximum absolute atomic E-state index is 9.53. The van der Waals surface area contributed by atoms with Gasteiger partial charge in [-0.15, -0.1) is 10.2 Å². The van der Waals surface area contributed by atoms with Gasteiger partial charge in [-0.3, -0.25) is 0 Å². The Balaban J connectivity index is 1.99. The topological polar surface area (TPSA) is 67.3 Å². The first-order valence-electron chi connectivity index (χ1n) is 6.27. The summed E-state index contributed by atoms with van der Waals surface area (Å²) < 4.78 is 6.12. The van der Waals surface area contributed by atoms with E-state index in [2.05, 4.69) is 15.5 Å². The molecule has 0 amide bonds. The van der Waals surface area contributed by atoms with Crippen molar-refractivity contribution in [2.45, 2.75) is 23.8 Å². The molecule has 2 N–H and O–H groups in total. The summed E-state index contributed by atoms with van der Waals surface area (Å²) in [5.41, 5.74) is 0.858. The van der Waals surface area contributed by atoms with Gasteiger partial charge in [0.1, 0.15) is 5.75 Å². The Morgan fingerprint density at radius 1 is 1.40 bits per heavy atom. The molecule has 0 unspecified atom stereocenters. The molecule has 0 spiro atoms. The lowest BCUT2D eigenvalue weighted by Crippen LogP contribution is -2.06. The highest BCUT2D eigenvalue weighted by Gasteiger charge is 2.09. The molecular formula is C13H17N3O2S2. The maximum atomic E-state index is 9.53. The van der Waals surface area contributed by atoms with E-state index in [0.29, 0.717) is 10.9 Å². The van der Waals surface area contributed by atoms with Crippen LogP contribution in [0.5, 0.6) is 5.75 Å². The summed E-state index contributed by atoms with van der Waals surface area (Å²) in [5, 5.41) is 21.6. The number of nitrogens with zero attached hydrogens (tertiary/aromatic N) is 2. The number of methoxy groups -OCH3 is 1. The molecule has 0 aliphatic carbocycles. The first-order chi connectivity index (χ1) is 9.72. The van der Waals surface area contributed by atoms with Crippen LogP contribution in [0.1, 0.15) is 13.3 Å². The van der Waals surface area contributed by atoms with Crippen LogP contribution in [0.4, 0.5) is 10.8 Å². The van der Waals surface area contributed by atoms with Crippen LogP contribution in [0.3, 0.4) is 0 Å². The van der Waals surface area contributed by atoms with Crippen molar-refractivity contribution in [3.8, 4) is 5.75 Å². The van der Waals surface area contributed by atoms with E-state index < -0.39 is 0 Å². The standard InChI is InChI=1S/C13H17N3O2S2/c1-3-9(17)8-19-13-16-15-12(20-13)14-10-6-4-5-7-11(10)18-2/h4-7,9,17H,3,8H2,1-2H3,(H,14,15)/t9-/m0/s1. The van der Waals surface area contributed by atoms with Crippen LogP contribution in [-0.2, 0) is 0 Å². The first kappa shape index (κ1) is 15.1. The zero-order valence-electron chi connectivity index (χ0n) is 11.4. The summed E-state index contributed by atoms with van der Waals surface area (Å²) in [5.74, 6) is 1.40. The van der Waals surface area contributed by atoms with Gasteiger partial charge in [0.15, 0.2) is 4.34 Å². The number of aliphatic hydroxyl groups is 1. The fourth-order valence-electron chi connectivity index (χ4n) is 1.47. The number of thioether (sulfide) groups is 1. The molecule has 5 nitrogen and oxygen atoms in total. The van der Waals surface area contributed by atoms with Crippen LogP contribution in [0.2, 0.25) is 0 Å². The fourth-order valence-corrected chi connectivity index (χ4v) is 3.30. The summed E-state index contributed by atoms with van der Waals surface area (Å²) >= 11 is 2.98. The van der Waals surface area contributed by atoms with Gasteiger partial charge >= 0.3 is 0 Å². The minimum absolute atomic E-state index is 0.297. The fraction of sp³-hybridized carbons (Fsp3) is 0.385. The number of ether oxygens (including phenoxy) is 1. The summed E-state index contributed by atoms with van der Waals surface area (Å²) in [4.78, 5) is 0. The SMILES string of the molecule is CC[C@H](O)CSc1nnc(Nc2ccccc2OC)s1. The number of nitrogens with one attached hydrogen (secondary N) is 1. The molecule has 1 heterocycles. The van der Waals surface area contributed by atoms with E-state index in [1.54, 1.807) is 7.11 Å². The van der Waals surface area contributed by atoms with Crippen LogP contribution in [0.15, 0.2) is 28.6 Å². The summed E-state index contributed by atoms with van der Waals surface area (Å²) in [6, 6.07) is 7.65. The molecule has 2 aromatic rings. The summed E-state index contributed by atoms with van der Waals surface area (Å²) in [6.07, 6.45) is 0.451. The summed E-state index contributed by atoms with van der Waals surface area (Å²) in [7, 11) is 1.63. The molecule has 0 fully saturated rings. The van der Waals surface area contributed by atoms with Gasteiger partial charge in [0.25, 0.3) is 0 Å². The average molecular weight is 311 g/mol. The predicted octanol–water partition coefficient (Wildman–Crippen LogP) is 3.15. The molecular weight excluding hydrogens is 294 g/mol. The van der Waals surface area contributed by atoms with E-state index >= 15 is 0 Å². The second-order valence-electron chi connectivity index (χ2n) is 4.07. The van der Waals surface area contributed by atoms with Gasteiger partial charge in [0, 0.05) is 5.75 Å². The molecule has 108 valence electrons. The molecule has 7 heteroatoms. The molecule has 2 rings (SSSR count). The predicted molar refractivity (Wildman–Crippen MR) is 83.2 cm³/mol. The minimum atomic E-state index is -0.297. The third kappa shape index (κ3) is 4.09. The maximum Gasteiger partial charge on any atom is 0.210 e. The third-order valence-electron chi connectivity index (χ3n) is 2.63. The van der Waals surface area contributed by atoms with Gasteiger partial charge < -0.3 is 15.2 Å². The zero-order chi connectivity index (χ0) is 14.4. The zero-order valence-corrected chi connectivity index (χ0v) is 13.0. The number of aliphatic hydroxyl groups excluding tert-OH is 1. The number of aromatic nitrogens is 2. The molecule has 1 atom stereocenters. The smallest absolute Gasteiger partial charge is 0.210 e. The van der Waals surface area contributed by atoms with Crippen molar-refractivity contribution in [3.63, 3.8) is 0 Å². The Kier molecular flexibility index (Phi) is 5.63. The second kappa shape index (κ2) is 7.47. The van der Waals surface area contributed by atoms with E-state index in [1.165, 1.54) is 23.1 Å². The number of hydrogen-bond donors (Lipinski definition) is 2. The number of hydrogen-bond acceptors (Lipinski definition) is 7. The highest BCUT2D eigenvalue weighted by atomic mass is 32.2. The molecule has 20 heavy (non-hydrogen) atoms. The first-order valence-corrected chi connectivity index (χ1v) is 8.07. The summed E-state index contributed by atoms with van der Waals surface area (Å²) in [6.45, 7) is 1.96. The molecule has 0 saturated carbocycles.